The summed E-state index contributed by atoms with van der Waals surface area (Å²) >= 11 is 2.25. The first-order chi connectivity index (χ1) is 6.18. The molecule has 0 bridgehead atoms. The maximum atomic E-state index is 11.3. The zero-order chi connectivity index (χ0) is 9.68. The third-order valence-electron chi connectivity index (χ3n) is 2.30. The molecule has 1 fully saturated rings. The Kier molecular flexibility index (Phi) is 5.06. The van der Waals surface area contributed by atoms with Gasteiger partial charge in [-0.05, 0) is 25.7 Å². The van der Waals surface area contributed by atoms with Gasteiger partial charge in [0.25, 0.3) is 0 Å². The van der Waals surface area contributed by atoms with Crippen LogP contribution in [0.15, 0.2) is 0 Å². The molecule has 0 aliphatic heterocycles. The zero-order valence-corrected chi connectivity index (χ0v) is 10.2. The van der Waals surface area contributed by atoms with E-state index in [1.807, 2.05) is 6.92 Å². The van der Waals surface area contributed by atoms with Crippen molar-refractivity contribution in [2.75, 3.05) is 0 Å². The summed E-state index contributed by atoms with van der Waals surface area (Å²) in [5, 5.41) is 0. The van der Waals surface area contributed by atoms with Crippen molar-refractivity contribution >= 4 is 28.6 Å². The number of rotatable bonds is 3. The van der Waals surface area contributed by atoms with E-state index in [9.17, 15) is 4.79 Å². The van der Waals surface area contributed by atoms with Crippen molar-refractivity contribution in [3.05, 3.63) is 0 Å². The average molecular weight is 296 g/mol. The molecule has 0 aromatic carbocycles. The van der Waals surface area contributed by atoms with E-state index >= 15 is 0 Å². The van der Waals surface area contributed by atoms with Gasteiger partial charge in [0.15, 0.2) is 0 Å². The molecule has 1 atom stereocenters. The lowest BCUT2D eigenvalue weighted by Gasteiger charge is -2.21. The topological polar surface area (TPSA) is 26.3 Å². The van der Waals surface area contributed by atoms with Crippen molar-refractivity contribution < 1.29 is 9.53 Å². The molecule has 76 valence electrons. The lowest BCUT2D eigenvalue weighted by molar-refractivity contribution is -0.150. The highest BCUT2D eigenvalue weighted by Gasteiger charge is 2.18. The highest BCUT2D eigenvalue weighted by Crippen LogP contribution is 2.21. The van der Waals surface area contributed by atoms with Crippen molar-refractivity contribution in [3.63, 3.8) is 0 Å². The van der Waals surface area contributed by atoms with Gasteiger partial charge in [0.1, 0.15) is 6.10 Å². The zero-order valence-electron chi connectivity index (χ0n) is 8.09. The van der Waals surface area contributed by atoms with Gasteiger partial charge in [0.2, 0.25) is 0 Å². The molecule has 1 unspecified atom stereocenters. The van der Waals surface area contributed by atoms with E-state index in [0.29, 0.717) is 10.3 Å². The summed E-state index contributed by atoms with van der Waals surface area (Å²) in [7, 11) is 0. The molecule has 0 N–H and O–H groups in total. The number of esters is 1. The molecule has 1 saturated carbocycles. The van der Waals surface area contributed by atoms with Gasteiger partial charge < -0.3 is 4.74 Å². The monoisotopic (exact) mass is 296 g/mol. The molecule has 2 nitrogen and oxygen atoms in total. The van der Waals surface area contributed by atoms with E-state index in [0.717, 1.165) is 12.8 Å². The third-order valence-corrected chi connectivity index (χ3v) is 2.74. The number of alkyl halides is 1. The van der Waals surface area contributed by atoms with Crippen LogP contribution in [0.25, 0.3) is 0 Å². The van der Waals surface area contributed by atoms with Crippen LogP contribution in [0, 0.1) is 0 Å². The molecule has 1 aliphatic rings. The molecule has 0 aromatic rings. The fourth-order valence-electron chi connectivity index (χ4n) is 1.65. The minimum atomic E-state index is -0.0196. The van der Waals surface area contributed by atoms with Gasteiger partial charge in [-0.3, -0.25) is 4.79 Å². The predicted octanol–water partition coefficient (Wildman–Crippen LogP) is 3.08. The smallest absolute Gasteiger partial charge is 0.307 e. The maximum Gasteiger partial charge on any atom is 0.307 e. The summed E-state index contributed by atoms with van der Waals surface area (Å²) in [5.74, 6) is -0.0196. The Morgan fingerprint density at radius 2 is 2.08 bits per heavy atom. The number of carbonyl (C=O) groups excluding carboxylic acids is 1. The maximum absolute atomic E-state index is 11.3. The van der Waals surface area contributed by atoms with Crippen LogP contribution in [0.1, 0.15) is 45.4 Å². The first-order valence-electron chi connectivity index (χ1n) is 5.02. The number of ether oxygens (including phenoxy) is 1. The van der Waals surface area contributed by atoms with Gasteiger partial charge in [-0.15, -0.1) is 0 Å². The minimum absolute atomic E-state index is 0.0196. The van der Waals surface area contributed by atoms with E-state index < -0.39 is 0 Å². The largest absolute Gasteiger partial charge is 0.462 e. The summed E-state index contributed by atoms with van der Waals surface area (Å²) in [6, 6.07) is 0. The van der Waals surface area contributed by atoms with Crippen LogP contribution in [0.4, 0.5) is 0 Å². The van der Waals surface area contributed by atoms with Crippen LogP contribution in [0.2, 0.25) is 0 Å². The standard InChI is InChI=1S/C10H17IO2/c1-8(11)7-10(12)13-9-5-3-2-4-6-9/h8-9H,2-7H2,1H3. The van der Waals surface area contributed by atoms with Crippen LogP contribution < -0.4 is 0 Å². The molecule has 1 rings (SSSR count). The summed E-state index contributed by atoms with van der Waals surface area (Å²) < 4.78 is 5.74. The lowest BCUT2D eigenvalue weighted by atomic mass is 9.98. The Labute approximate surface area is 93.6 Å². The van der Waals surface area contributed by atoms with Gasteiger partial charge in [0.05, 0.1) is 6.42 Å². The van der Waals surface area contributed by atoms with Crippen molar-refractivity contribution in [3.8, 4) is 0 Å². The summed E-state index contributed by atoms with van der Waals surface area (Å²) in [4.78, 5) is 11.3. The molecule has 3 heteroatoms. The van der Waals surface area contributed by atoms with Crippen molar-refractivity contribution in [2.45, 2.75) is 55.5 Å². The number of halogens is 1. The van der Waals surface area contributed by atoms with Gasteiger partial charge in [0, 0.05) is 3.92 Å². The van der Waals surface area contributed by atoms with E-state index in [2.05, 4.69) is 22.6 Å². The SMILES string of the molecule is CC(I)CC(=O)OC1CCCCC1. The van der Waals surface area contributed by atoms with E-state index in [4.69, 9.17) is 4.74 Å². The van der Waals surface area contributed by atoms with Crippen LogP contribution in [0.3, 0.4) is 0 Å². The van der Waals surface area contributed by atoms with Crippen molar-refractivity contribution in [2.24, 2.45) is 0 Å². The Morgan fingerprint density at radius 1 is 1.46 bits per heavy atom. The molecular weight excluding hydrogens is 279 g/mol. The summed E-state index contributed by atoms with van der Waals surface area (Å²) in [6.45, 7) is 2.03. The molecule has 13 heavy (non-hydrogen) atoms. The molecule has 0 amide bonds. The first kappa shape index (κ1) is 11.3. The molecular formula is C10H17IO2. The van der Waals surface area contributed by atoms with Crippen molar-refractivity contribution in [1.29, 1.82) is 0 Å². The number of hydrogen-bond acceptors (Lipinski definition) is 2. The fraction of sp³-hybridized carbons (Fsp3) is 0.900. The second-order valence-corrected chi connectivity index (χ2v) is 5.86. The van der Waals surface area contributed by atoms with Gasteiger partial charge in [-0.1, -0.05) is 35.9 Å². The van der Waals surface area contributed by atoms with Gasteiger partial charge in [-0.25, -0.2) is 0 Å². The Morgan fingerprint density at radius 3 is 2.62 bits per heavy atom. The molecule has 0 radical (unpaired) electrons. The van der Waals surface area contributed by atoms with Crippen molar-refractivity contribution in [1.82, 2.24) is 0 Å². The van der Waals surface area contributed by atoms with E-state index in [1.54, 1.807) is 0 Å². The van der Waals surface area contributed by atoms with Crippen LogP contribution >= 0.6 is 22.6 Å². The molecule has 0 saturated heterocycles. The second-order valence-electron chi connectivity index (χ2n) is 3.73. The minimum Gasteiger partial charge on any atom is -0.462 e. The molecule has 1 aliphatic carbocycles. The first-order valence-corrected chi connectivity index (χ1v) is 6.26. The number of hydrogen-bond donors (Lipinski definition) is 0. The average Bonchev–Trinajstić information content (AvgIpc) is 2.04. The molecule has 0 spiro atoms. The Hall–Kier alpha value is 0.200. The fourth-order valence-corrected chi connectivity index (χ4v) is 2.01. The third kappa shape index (κ3) is 4.84. The van der Waals surface area contributed by atoms with E-state index in [1.165, 1.54) is 19.3 Å². The molecule has 0 aromatic heterocycles. The van der Waals surface area contributed by atoms with Gasteiger partial charge in [-0.2, -0.15) is 0 Å². The number of carbonyl (C=O) groups is 1. The Bertz CT molecular complexity index is 162. The second kappa shape index (κ2) is 5.83. The highest BCUT2D eigenvalue weighted by molar-refractivity contribution is 14.1. The van der Waals surface area contributed by atoms with Gasteiger partial charge >= 0.3 is 5.97 Å². The van der Waals surface area contributed by atoms with Crippen LogP contribution in [-0.4, -0.2) is 16.0 Å². The predicted molar refractivity (Wildman–Crippen MR) is 61.1 cm³/mol. The summed E-state index contributed by atoms with van der Waals surface area (Å²) in [6.07, 6.45) is 6.66. The lowest BCUT2D eigenvalue weighted by Crippen LogP contribution is -2.21. The highest BCUT2D eigenvalue weighted by atomic mass is 127. The molecule has 0 heterocycles. The van der Waals surface area contributed by atoms with E-state index in [-0.39, 0.29) is 12.1 Å². The summed E-state index contributed by atoms with van der Waals surface area (Å²) in [5.41, 5.74) is 0. The van der Waals surface area contributed by atoms with Crippen LogP contribution in [0.5, 0.6) is 0 Å². The quantitative estimate of drug-likeness (QED) is 0.454. The van der Waals surface area contributed by atoms with Crippen LogP contribution in [-0.2, 0) is 9.53 Å². The normalized spacial score (nSPS) is 21.1. The Balaban J connectivity index is 2.18.